The quantitative estimate of drug-likeness (QED) is 0.253. The molecule has 1 rings (SSSR count). The highest BCUT2D eigenvalue weighted by Gasteiger charge is 2.40. The van der Waals surface area contributed by atoms with Crippen LogP contribution in [0.15, 0.2) is 22.4 Å². The van der Waals surface area contributed by atoms with Crippen molar-refractivity contribution in [3.05, 3.63) is 33.0 Å². The Morgan fingerprint density at radius 1 is 0.950 bits per heavy atom. The highest BCUT2D eigenvalue weighted by atomic mass is 16.6. The van der Waals surface area contributed by atoms with Crippen molar-refractivity contribution >= 4 is 11.9 Å². The lowest BCUT2D eigenvalue weighted by molar-refractivity contribution is -0.167. The summed E-state index contributed by atoms with van der Waals surface area (Å²) in [5.74, 6) is -1.28. The van der Waals surface area contributed by atoms with E-state index in [0.29, 0.717) is 0 Å². The first-order chi connectivity index (χ1) is 9.49. The van der Waals surface area contributed by atoms with E-state index >= 15 is 0 Å². The molecule has 1 aliphatic carbocycles. The number of carbonyl (C=O) groups is 2. The largest absolute Gasteiger partial charge is 0.458 e. The Labute approximate surface area is 113 Å². The lowest BCUT2D eigenvalue weighted by Gasteiger charge is -2.34. The zero-order chi connectivity index (χ0) is 15.1. The summed E-state index contributed by atoms with van der Waals surface area (Å²) in [5, 5.41) is 6.92. The van der Waals surface area contributed by atoms with Gasteiger partial charge in [-0.25, -0.2) is 0 Å². The van der Waals surface area contributed by atoms with Crippen molar-refractivity contribution in [2.75, 3.05) is 0 Å². The summed E-state index contributed by atoms with van der Waals surface area (Å²) in [6, 6.07) is -1.70. The molecule has 0 spiro atoms. The Morgan fingerprint density at radius 3 is 1.55 bits per heavy atom. The summed E-state index contributed by atoms with van der Waals surface area (Å²) in [4.78, 5) is 27.5. The third-order valence-electron chi connectivity index (χ3n) is 2.48. The van der Waals surface area contributed by atoms with Gasteiger partial charge in [0.05, 0.1) is 12.1 Å². The summed E-state index contributed by atoms with van der Waals surface area (Å²) in [6.07, 6.45) is 0.778. The number of rotatable bonds is 4. The maximum Gasteiger partial charge on any atom is 0.303 e. The fraction of sp³-hybridized carbons (Fsp3) is 0.600. The number of carbonyl (C=O) groups excluding carboxylic acids is 2. The molecule has 0 saturated heterocycles. The van der Waals surface area contributed by atoms with E-state index in [-0.39, 0.29) is 0 Å². The molecule has 1 aliphatic rings. The van der Waals surface area contributed by atoms with Crippen molar-refractivity contribution in [3.8, 4) is 0 Å². The zero-order valence-corrected chi connectivity index (χ0v) is 10.8. The average molecular weight is 280 g/mol. The molecule has 0 aromatic heterocycles. The molecule has 0 aromatic rings. The molecule has 10 nitrogen and oxygen atoms in total. The monoisotopic (exact) mass is 280 g/mol. The second-order valence-corrected chi connectivity index (χ2v) is 3.92. The SMILES string of the molecule is CC(=O)O[C@@H]1[C@@H](OC(C)=O)[C@H](N=[N+]=[N-])C=C[C@H]1N=[N+]=[N-]. The van der Waals surface area contributed by atoms with Crippen LogP contribution in [0.25, 0.3) is 20.9 Å². The number of hydrogen-bond donors (Lipinski definition) is 0. The van der Waals surface area contributed by atoms with Gasteiger partial charge in [0.1, 0.15) is 0 Å². The summed E-state index contributed by atoms with van der Waals surface area (Å²) in [7, 11) is 0. The number of azide groups is 2. The van der Waals surface area contributed by atoms with Gasteiger partial charge in [0.25, 0.3) is 0 Å². The maximum atomic E-state index is 11.1. The second kappa shape index (κ2) is 7.03. The van der Waals surface area contributed by atoms with E-state index < -0.39 is 36.2 Å². The highest BCUT2D eigenvalue weighted by Crippen LogP contribution is 2.25. The van der Waals surface area contributed by atoms with Gasteiger partial charge in [-0.15, -0.1) is 0 Å². The molecule has 106 valence electrons. The Morgan fingerprint density at radius 2 is 1.30 bits per heavy atom. The first kappa shape index (κ1) is 15.4. The van der Waals surface area contributed by atoms with Gasteiger partial charge in [0.15, 0.2) is 12.2 Å². The van der Waals surface area contributed by atoms with Crippen molar-refractivity contribution in [2.24, 2.45) is 10.2 Å². The Bertz CT molecular complexity index is 474. The fourth-order valence-corrected chi connectivity index (χ4v) is 1.82. The summed E-state index contributed by atoms with van der Waals surface area (Å²) < 4.78 is 10.1. The lowest BCUT2D eigenvalue weighted by atomic mass is 9.93. The van der Waals surface area contributed by atoms with Crippen LogP contribution in [-0.2, 0) is 19.1 Å². The van der Waals surface area contributed by atoms with E-state index in [9.17, 15) is 9.59 Å². The molecule has 0 aliphatic heterocycles. The van der Waals surface area contributed by atoms with Crippen LogP contribution in [-0.4, -0.2) is 36.2 Å². The van der Waals surface area contributed by atoms with Gasteiger partial charge in [-0.05, 0) is 11.1 Å². The molecule has 0 unspecified atom stereocenters. The molecule has 0 bridgehead atoms. The first-order valence-electron chi connectivity index (χ1n) is 5.60. The number of nitrogens with zero attached hydrogens (tertiary/aromatic N) is 6. The Kier molecular flexibility index (Phi) is 5.40. The van der Waals surface area contributed by atoms with Gasteiger partial charge in [0.2, 0.25) is 0 Å². The van der Waals surface area contributed by atoms with E-state index in [1.165, 1.54) is 26.0 Å². The van der Waals surface area contributed by atoms with Crippen molar-refractivity contribution in [3.63, 3.8) is 0 Å². The van der Waals surface area contributed by atoms with Gasteiger partial charge >= 0.3 is 11.9 Å². The van der Waals surface area contributed by atoms with Crippen molar-refractivity contribution in [2.45, 2.75) is 38.1 Å². The Balaban J connectivity index is 3.18. The van der Waals surface area contributed by atoms with Crippen LogP contribution in [0.3, 0.4) is 0 Å². The molecule has 0 aromatic carbocycles. The van der Waals surface area contributed by atoms with E-state index in [2.05, 4.69) is 20.1 Å². The highest BCUT2D eigenvalue weighted by molar-refractivity contribution is 5.67. The molecular weight excluding hydrogens is 268 g/mol. The predicted octanol–water partition coefficient (Wildman–Crippen LogP) is 1.78. The van der Waals surface area contributed by atoms with E-state index in [1.54, 1.807) is 0 Å². The molecule has 10 heteroatoms. The van der Waals surface area contributed by atoms with Crippen LogP contribution in [0.2, 0.25) is 0 Å². The number of hydrogen-bond acceptors (Lipinski definition) is 6. The van der Waals surface area contributed by atoms with E-state index in [0.717, 1.165) is 0 Å². The first-order valence-corrected chi connectivity index (χ1v) is 5.60. The van der Waals surface area contributed by atoms with Crippen molar-refractivity contribution in [1.29, 1.82) is 0 Å². The van der Waals surface area contributed by atoms with Crippen molar-refractivity contribution < 1.29 is 19.1 Å². The van der Waals surface area contributed by atoms with Crippen LogP contribution < -0.4 is 0 Å². The van der Waals surface area contributed by atoms with Crippen LogP contribution >= 0.6 is 0 Å². The van der Waals surface area contributed by atoms with E-state index in [4.69, 9.17) is 20.5 Å². The molecule has 0 saturated carbocycles. The summed E-state index contributed by atoms with van der Waals surface area (Å²) >= 11 is 0. The van der Waals surface area contributed by atoms with Gasteiger partial charge in [0, 0.05) is 23.7 Å². The smallest absolute Gasteiger partial charge is 0.303 e. The molecule has 0 heterocycles. The molecule has 4 atom stereocenters. The maximum absolute atomic E-state index is 11.1. The topological polar surface area (TPSA) is 150 Å². The van der Waals surface area contributed by atoms with Crippen LogP contribution in [0.5, 0.6) is 0 Å². The lowest BCUT2D eigenvalue weighted by Crippen LogP contribution is -2.49. The third kappa shape index (κ3) is 3.91. The van der Waals surface area contributed by atoms with Gasteiger partial charge < -0.3 is 9.47 Å². The Hall–Kier alpha value is -2.70. The molecule has 0 radical (unpaired) electrons. The minimum atomic E-state index is -1.05. The van der Waals surface area contributed by atoms with Gasteiger partial charge in [-0.2, -0.15) is 0 Å². The normalized spacial score (nSPS) is 27.7. The standard InChI is InChI=1S/C10H12N6O4/c1-5(17)19-9-7(13-15-11)3-4-8(14-16-12)10(9)20-6(2)18/h3-4,7-10H,1-2H3/t7-,8-,9+,10+/m1/s1. The van der Waals surface area contributed by atoms with Gasteiger partial charge in [-0.1, -0.05) is 22.4 Å². The predicted molar refractivity (Wildman–Crippen MR) is 66.1 cm³/mol. The molecular formula is C10H12N6O4. The number of esters is 2. The fourth-order valence-electron chi connectivity index (χ4n) is 1.82. The number of ether oxygens (including phenoxy) is 2. The van der Waals surface area contributed by atoms with Crippen molar-refractivity contribution in [1.82, 2.24) is 0 Å². The van der Waals surface area contributed by atoms with Crippen LogP contribution in [0.1, 0.15) is 13.8 Å². The second-order valence-electron chi connectivity index (χ2n) is 3.92. The summed E-state index contributed by atoms with van der Waals surface area (Å²) in [5.41, 5.74) is 17.0. The van der Waals surface area contributed by atoms with Crippen LogP contribution in [0.4, 0.5) is 0 Å². The zero-order valence-electron chi connectivity index (χ0n) is 10.8. The third-order valence-corrected chi connectivity index (χ3v) is 2.48. The molecule has 20 heavy (non-hydrogen) atoms. The molecule has 0 fully saturated rings. The van der Waals surface area contributed by atoms with Crippen LogP contribution in [0, 0.1) is 0 Å². The summed E-state index contributed by atoms with van der Waals surface area (Å²) in [6.45, 7) is 2.33. The minimum Gasteiger partial charge on any atom is -0.458 e. The molecule has 0 N–H and O–H groups in total. The average Bonchev–Trinajstić information content (AvgIpc) is 2.35. The van der Waals surface area contributed by atoms with Gasteiger partial charge in [-0.3, -0.25) is 9.59 Å². The van der Waals surface area contributed by atoms with E-state index in [1.807, 2.05) is 0 Å². The minimum absolute atomic E-state index is 0.639. The molecule has 0 amide bonds.